The summed E-state index contributed by atoms with van der Waals surface area (Å²) in [6.45, 7) is 5.81. The van der Waals surface area contributed by atoms with Crippen molar-refractivity contribution in [3.63, 3.8) is 0 Å². The summed E-state index contributed by atoms with van der Waals surface area (Å²) < 4.78 is 0. The van der Waals surface area contributed by atoms with Crippen LogP contribution < -0.4 is 0 Å². The zero-order chi connectivity index (χ0) is 17.9. The van der Waals surface area contributed by atoms with Crippen molar-refractivity contribution in [1.82, 2.24) is 9.80 Å². The molecule has 0 radical (unpaired) electrons. The lowest BCUT2D eigenvalue weighted by atomic mass is 10.1. The van der Waals surface area contributed by atoms with Crippen LogP contribution in [-0.2, 0) is 0 Å². The molecular formula is C22H42N2. The summed E-state index contributed by atoms with van der Waals surface area (Å²) in [4.78, 5) is 4.71. The summed E-state index contributed by atoms with van der Waals surface area (Å²) in [7, 11) is 6.52. The Morgan fingerprint density at radius 1 is 0.750 bits per heavy atom. The fraction of sp³-hybridized carbons (Fsp3) is 0.818. The van der Waals surface area contributed by atoms with E-state index < -0.39 is 0 Å². The van der Waals surface area contributed by atoms with Crippen molar-refractivity contribution in [1.29, 1.82) is 0 Å². The number of nitrogens with zero attached hydrogens (tertiary/aromatic N) is 2. The maximum absolute atomic E-state index is 3.26. The second kappa shape index (κ2) is 18.6. The molecule has 0 amide bonds. The number of likely N-dealkylation sites (N-methyl/N-ethyl adjacent to an activating group) is 2. The van der Waals surface area contributed by atoms with Gasteiger partial charge in [0.05, 0.1) is 0 Å². The Bertz CT molecular complexity index is 336. The Morgan fingerprint density at radius 2 is 1.42 bits per heavy atom. The van der Waals surface area contributed by atoms with E-state index in [1.807, 2.05) is 6.08 Å². The van der Waals surface area contributed by atoms with Gasteiger partial charge in [0, 0.05) is 19.5 Å². The first kappa shape index (κ1) is 23.2. The van der Waals surface area contributed by atoms with Crippen molar-refractivity contribution in [2.45, 2.75) is 77.6 Å². The highest BCUT2D eigenvalue weighted by atomic mass is 15.1. The van der Waals surface area contributed by atoms with Gasteiger partial charge in [0.15, 0.2) is 0 Å². The molecule has 0 aromatic carbocycles. The Labute approximate surface area is 152 Å². The Morgan fingerprint density at radius 3 is 2.08 bits per heavy atom. The van der Waals surface area contributed by atoms with Gasteiger partial charge in [-0.1, -0.05) is 69.8 Å². The van der Waals surface area contributed by atoms with Crippen LogP contribution in [0.3, 0.4) is 0 Å². The molecule has 0 heterocycles. The summed E-state index contributed by atoms with van der Waals surface area (Å²) in [5.41, 5.74) is 0. The third-order valence-corrected chi connectivity index (χ3v) is 4.30. The molecule has 0 N–H and O–H groups in total. The summed E-state index contributed by atoms with van der Waals surface area (Å²) in [5, 5.41) is 0. The van der Waals surface area contributed by atoms with Gasteiger partial charge in [0.2, 0.25) is 0 Å². The van der Waals surface area contributed by atoms with Crippen molar-refractivity contribution in [3.05, 3.63) is 12.2 Å². The van der Waals surface area contributed by atoms with Crippen LogP contribution in [0.15, 0.2) is 12.2 Å². The molecule has 2 nitrogen and oxygen atoms in total. The normalized spacial score (nSPS) is 11.4. The minimum atomic E-state index is 1.06. The fourth-order valence-electron chi connectivity index (χ4n) is 2.56. The van der Waals surface area contributed by atoms with Gasteiger partial charge in [-0.2, -0.15) is 0 Å². The lowest BCUT2D eigenvalue weighted by Crippen LogP contribution is -2.29. The van der Waals surface area contributed by atoms with Gasteiger partial charge in [-0.25, -0.2) is 0 Å². The summed E-state index contributed by atoms with van der Waals surface area (Å²) >= 11 is 0. The lowest BCUT2D eigenvalue weighted by Gasteiger charge is -2.19. The Kier molecular flexibility index (Phi) is 18.0. The van der Waals surface area contributed by atoms with E-state index in [1.165, 1.54) is 77.3 Å². The Balaban J connectivity index is 3.25. The molecule has 0 aromatic rings. The van der Waals surface area contributed by atoms with Crippen LogP contribution in [0.5, 0.6) is 0 Å². The third kappa shape index (κ3) is 19.3. The molecule has 0 spiro atoms. The standard InChI is InChI=1S/C22H42N2/c1-5-6-7-8-9-10-11-12-13-14-15-16-17-18-19-20-24(4)22-21-23(2)3/h8-9H,5-7,12-22H2,1-4H3. The number of unbranched alkanes of at least 4 members (excludes halogenated alkanes) is 9. The second-order valence-electron chi connectivity index (χ2n) is 7.20. The zero-order valence-corrected chi connectivity index (χ0v) is 16.9. The quantitative estimate of drug-likeness (QED) is 0.294. The van der Waals surface area contributed by atoms with Gasteiger partial charge in [-0.05, 0) is 53.0 Å². The van der Waals surface area contributed by atoms with Crippen LogP contribution in [0.2, 0.25) is 0 Å². The molecule has 0 aromatic heterocycles. The molecule has 0 unspecified atom stereocenters. The van der Waals surface area contributed by atoms with Crippen LogP contribution >= 0.6 is 0 Å². The highest BCUT2D eigenvalue weighted by molar-refractivity contribution is 5.14. The molecule has 140 valence electrons. The average Bonchev–Trinajstić information content (AvgIpc) is 2.56. The van der Waals surface area contributed by atoms with E-state index >= 15 is 0 Å². The summed E-state index contributed by atoms with van der Waals surface area (Å²) in [6, 6.07) is 0. The predicted molar refractivity (Wildman–Crippen MR) is 109 cm³/mol. The number of allylic oxidation sites excluding steroid dienone is 2. The molecule has 0 rings (SSSR count). The van der Waals surface area contributed by atoms with Gasteiger partial charge in [0.25, 0.3) is 0 Å². The van der Waals surface area contributed by atoms with Crippen molar-refractivity contribution in [3.8, 4) is 11.8 Å². The van der Waals surface area contributed by atoms with E-state index in [0.29, 0.717) is 0 Å². The number of hydrogen-bond donors (Lipinski definition) is 0. The molecule has 0 aliphatic heterocycles. The minimum Gasteiger partial charge on any atom is -0.308 e. The molecular weight excluding hydrogens is 292 g/mol. The van der Waals surface area contributed by atoms with Gasteiger partial charge in [-0.3, -0.25) is 0 Å². The minimum absolute atomic E-state index is 1.06. The van der Waals surface area contributed by atoms with Crippen molar-refractivity contribution >= 4 is 0 Å². The van der Waals surface area contributed by atoms with Crippen molar-refractivity contribution in [2.75, 3.05) is 40.8 Å². The highest BCUT2D eigenvalue weighted by Crippen LogP contribution is 2.08. The van der Waals surface area contributed by atoms with E-state index in [1.54, 1.807) is 0 Å². The SMILES string of the molecule is CCCCC=CC#CCCCCCCCCCN(C)CCN(C)C. The molecule has 0 bridgehead atoms. The lowest BCUT2D eigenvalue weighted by molar-refractivity contribution is 0.277. The maximum atomic E-state index is 3.26. The van der Waals surface area contributed by atoms with Crippen LogP contribution in [-0.4, -0.2) is 50.6 Å². The van der Waals surface area contributed by atoms with Crippen LogP contribution in [0.1, 0.15) is 77.6 Å². The van der Waals surface area contributed by atoms with Crippen LogP contribution in [0.4, 0.5) is 0 Å². The first-order valence-corrected chi connectivity index (χ1v) is 10.1. The summed E-state index contributed by atoms with van der Waals surface area (Å²) in [5.74, 6) is 6.41. The largest absolute Gasteiger partial charge is 0.308 e. The van der Waals surface area contributed by atoms with E-state index in [-0.39, 0.29) is 0 Å². The first-order valence-electron chi connectivity index (χ1n) is 10.1. The van der Waals surface area contributed by atoms with Gasteiger partial charge >= 0.3 is 0 Å². The van der Waals surface area contributed by atoms with E-state index in [2.05, 4.69) is 55.8 Å². The smallest absolute Gasteiger partial charge is 0.0106 e. The molecule has 0 saturated carbocycles. The number of rotatable bonds is 15. The second-order valence-corrected chi connectivity index (χ2v) is 7.20. The Hall–Kier alpha value is -0.780. The maximum Gasteiger partial charge on any atom is 0.0106 e. The molecule has 0 aliphatic carbocycles. The molecule has 0 aliphatic rings. The van der Waals surface area contributed by atoms with Gasteiger partial charge in [0.1, 0.15) is 0 Å². The fourth-order valence-corrected chi connectivity index (χ4v) is 2.56. The molecule has 0 saturated heterocycles. The molecule has 24 heavy (non-hydrogen) atoms. The first-order chi connectivity index (χ1) is 11.7. The monoisotopic (exact) mass is 334 g/mol. The average molecular weight is 335 g/mol. The predicted octanol–water partition coefficient (Wildman–Crippen LogP) is 5.35. The van der Waals surface area contributed by atoms with Gasteiger partial charge in [-0.15, -0.1) is 0 Å². The van der Waals surface area contributed by atoms with Gasteiger partial charge < -0.3 is 9.80 Å². The molecule has 2 heteroatoms. The van der Waals surface area contributed by atoms with Crippen LogP contribution in [0, 0.1) is 11.8 Å². The topological polar surface area (TPSA) is 6.48 Å². The molecule has 0 atom stereocenters. The summed E-state index contributed by atoms with van der Waals surface area (Å²) in [6.07, 6.45) is 18.5. The van der Waals surface area contributed by atoms with E-state index in [0.717, 1.165) is 13.0 Å². The van der Waals surface area contributed by atoms with Crippen LogP contribution in [0.25, 0.3) is 0 Å². The number of hydrogen-bond acceptors (Lipinski definition) is 2. The zero-order valence-electron chi connectivity index (χ0n) is 16.9. The molecule has 0 fully saturated rings. The van der Waals surface area contributed by atoms with E-state index in [9.17, 15) is 0 Å². The van der Waals surface area contributed by atoms with Crippen molar-refractivity contribution in [2.24, 2.45) is 0 Å². The van der Waals surface area contributed by atoms with E-state index in [4.69, 9.17) is 0 Å². The third-order valence-electron chi connectivity index (χ3n) is 4.30. The van der Waals surface area contributed by atoms with Crippen molar-refractivity contribution < 1.29 is 0 Å². The highest BCUT2D eigenvalue weighted by Gasteiger charge is 1.99.